The average Bonchev–Trinajstić information content (AvgIpc) is 2.15. The van der Waals surface area contributed by atoms with Gasteiger partial charge in [-0.2, -0.15) is 0 Å². The van der Waals surface area contributed by atoms with Crippen LogP contribution in [0.5, 0.6) is 0 Å². The molecule has 0 aliphatic rings. The van der Waals surface area contributed by atoms with Crippen LogP contribution in [0.1, 0.15) is 65.7 Å². The fourth-order valence-electron chi connectivity index (χ4n) is 1.21. The third kappa shape index (κ3) is 16.5. The van der Waals surface area contributed by atoms with Crippen LogP contribution in [-0.4, -0.2) is 10.2 Å². The molecule has 98 valence electrons. The summed E-state index contributed by atoms with van der Waals surface area (Å²) in [6.45, 7) is 6.22. The van der Waals surface area contributed by atoms with Gasteiger partial charge in [-0.15, -0.1) is 23.2 Å². The molecule has 0 heterocycles. The second-order valence-electron chi connectivity index (χ2n) is 3.93. The van der Waals surface area contributed by atoms with Gasteiger partial charge in [-0.3, -0.25) is 4.79 Å². The molecular formula is C12H25Cl2NO. The molecular weight excluding hydrogens is 245 g/mol. The first-order valence-corrected chi connectivity index (χ1v) is 6.81. The van der Waals surface area contributed by atoms with Crippen molar-refractivity contribution < 1.29 is 4.79 Å². The van der Waals surface area contributed by atoms with Gasteiger partial charge in [0.1, 0.15) is 4.33 Å². The largest absolute Gasteiger partial charge is 0.370 e. The Hall–Kier alpha value is 0.0500. The lowest BCUT2D eigenvalue weighted by Gasteiger charge is -2.16. The zero-order chi connectivity index (χ0) is 13.0. The number of hydrogen-bond acceptors (Lipinski definition) is 1. The molecule has 0 unspecified atom stereocenters. The summed E-state index contributed by atoms with van der Waals surface area (Å²) in [5, 5.41) is 0. The van der Waals surface area contributed by atoms with Crippen molar-refractivity contribution in [3.8, 4) is 0 Å². The van der Waals surface area contributed by atoms with E-state index in [1.165, 1.54) is 0 Å². The maximum atomic E-state index is 9.98. The van der Waals surface area contributed by atoms with E-state index < -0.39 is 4.33 Å². The Bertz CT molecular complexity index is 164. The SMILES string of the molecule is CCCC(Cl)(Cl)CCC.CCCCC(N)=O. The molecule has 2 nitrogen and oxygen atoms in total. The summed E-state index contributed by atoms with van der Waals surface area (Å²) in [5.74, 6) is -0.193. The molecule has 0 aliphatic heterocycles. The van der Waals surface area contributed by atoms with E-state index in [-0.39, 0.29) is 5.91 Å². The van der Waals surface area contributed by atoms with Crippen LogP contribution in [0.25, 0.3) is 0 Å². The Morgan fingerprint density at radius 3 is 1.69 bits per heavy atom. The zero-order valence-electron chi connectivity index (χ0n) is 10.7. The summed E-state index contributed by atoms with van der Waals surface area (Å²) in [5.41, 5.74) is 4.84. The van der Waals surface area contributed by atoms with E-state index in [1.54, 1.807) is 0 Å². The van der Waals surface area contributed by atoms with E-state index in [1.807, 2.05) is 6.92 Å². The van der Waals surface area contributed by atoms with Crippen LogP contribution in [0.3, 0.4) is 0 Å². The number of carbonyl (C=O) groups excluding carboxylic acids is 1. The summed E-state index contributed by atoms with van der Waals surface area (Å²) < 4.78 is -0.455. The number of halogens is 2. The maximum absolute atomic E-state index is 9.98. The number of nitrogens with two attached hydrogens (primary N) is 1. The molecule has 0 rings (SSSR count). The molecule has 1 amide bonds. The zero-order valence-corrected chi connectivity index (χ0v) is 12.2. The third-order valence-electron chi connectivity index (χ3n) is 2.01. The van der Waals surface area contributed by atoms with Gasteiger partial charge >= 0.3 is 0 Å². The Morgan fingerprint density at radius 2 is 1.50 bits per heavy atom. The molecule has 0 saturated heterocycles. The van der Waals surface area contributed by atoms with Gasteiger partial charge in [-0.25, -0.2) is 0 Å². The molecule has 0 aromatic heterocycles. The fourth-order valence-corrected chi connectivity index (χ4v) is 1.96. The summed E-state index contributed by atoms with van der Waals surface area (Å²) in [6.07, 6.45) is 6.45. The molecule has 0 spiro atoms. The number of rotatable bonds is 7. The monoisotopic (exact) mass is 269 g/mol. The van der Waals surface area contributed by atoms with E-state index >= 15 is 0 Å². The number of primary amides is 1. The van der Waals surface area contributed by atoms with Crippen molar-refractivity contribution in [1.29, 1.82) is 0 Å². The molecule has 0 aromatic rings. The summed E-state index contributed by atoms with van der Waals surface area (Å²) in [7, 11) is 0. The van der Waals surface area contributed by atoms with Crippen LogP contribution in [0, 0.1) is 0 Å². The normalized spacial score (nSPS) is 10.6. The van der Waals surface area contributed by atoms with Gasteiger partial charge in [0, 0.05) is 6.42 Å². The minimum Gasteiger partial charge on any atom is -0.370 e. The second kappa shape index (κ2) is 11.5. The van der Waals surface area contributed by atoms with Crippen LogP contribution < -0.4 is 5.73 Å². The van der Waals surface area contributed by atoms with Crippen molar-refractivity contribution in [3.05, 3.63) is 0 Å². The number of alkyl halides is 2. The first-order chi connectivity index (χ1) is 7.39. The van der Waals surface area contributed by atoms with Crippen LogP contribution in [0.2, 0.25) is 0 Å². The van der Waals surface area contributed by atoms with Crippen LogP contribution in [0.15, 0.2) is 0 Å². The van der Waals surface area contributed by atoms with E-state index in [4.69, 9.17) is 28.9 Å². The number of unbranched alkanes of at least 4 members (excludes halogenated alkanes) is 1. The molecule has 0 aromatic carbocycles. The second-order valence-corrected chi connectivity index (χ2v) is 5.57. The van der Waals surface area contributed by atoms with Gasteiger partial charge in [0.15, 0.2) is 0 Å². The highest BCUT2D eigenvalue weighted by molar-refractivity contribution is 6.48. The highest BCUT2D eigenvalue weighted by atomic mass is 35.5. The molecule has 0 fully saturated rings. The Morgan fingerprint density at radius 1 is 1.06 bits per heavy atom. The first-order valence-electron chi connectivity index (χ1n) is 6.05. The number of hydrogen-bond donors (Lipinski definition) is 1. The molecule has 2 N–H and O–H groups in total. The summed E-state index contributed by atoms with van der Waals surface area (Å²) in [6, 6.07) is 0. The topological polar surface area (TPSA) is 43.1 Å². The van der Waals surface area contributed by atoms with Crippen molar-refractivity contribution in [1.82, 2.24) is 0 Å². The smallest absolute Gasteiger partial charge is 0.217 e. The van der Waals surface area contributed by atoms with Gasteiger partial charge in [-0.05, 0) is 19.3 Å². The lowest BCUT2D eigenvalue weighted by Crippen LogP contribution is -2.10. The molecule has 0 aliphatic carbocycles. The number of carbonyl (C=O) groups is 1. The molecule has 0 atom stereocenters. The van der Waals surface area contributed by atoms with Gasteiger partial charge < -0.3 is 5.73 Å². The third-order valence-corrected chi connectivity index (χ3v) is 2.76. The maximum Gasteiger partial charge on any atom is 0.217 e. The van der Waals surface area contributed by atoms with Crippen LogP contribution >= 0.6 is 23.2 Å². The van der Waals surface area contributed by atoms with Gasteiger partial charge in [-0.1, -0.05) is 40.0 Å². The van der Waals surface area contributed by atoms with Crippen molar-refractivity contribution >= 4 is 29.1 Å². The molecule has 16 heavy (non-hydrogen) atoms. The quantitative estimate of drug-likeness (QED) is 0.683. The summed E-state index contributed by atoms with van der Waals surface area (Å²) in [4.78, 5) is 9.98. The van der Waals surface area contributed by atoms with Gasteiger partial charge in [0.05, 0.1) is 0 Å². The van der Waals surface area contributed by atoms with Crippen LogP contribution in [0.4, 0.5) is 0 Å². The predicted octanol–water partition coefficient (Wildman–Crippen LogP) is 4.42. The van der Waals surface area contributed by atoms with Crippen molar-refractivity contribution in [2.45, 2.75) is 70.1 Å². The predicted molar refractivity (Wildman–Crippen MR) is 73.0 cm³/mol. The summed E-state index contributed by atoms with van der Waals surface area (Å²) >= 11 is 11.8. The van der Waals surface area contributed by atoms with Crippen molar-refractivity contribution in [2.24, 2.45) is 5.73 Å². The minimum absolute atomic E-state index is 0.193. The first kappa shape index (κ1) is 18.4. The van der Waals surface area contributed by atoms with Crippen molar-refractivity contribution in [3.63, 3.8) is 0 Å². The van der Waals surface area contributed by atoms with E-state index in [9.17, 15) is 4.79 Å². The molecule has 4 heteroatoms. The van der Waals surface area contributed by atoms with Gasteiger partial charge in [0.25, 0.3) is 0 Å². The van der Waals surface area contributed by atoms with E-state index in [0.29, 0.717) is 6.42 Å². The molecule has 0 bridgehead atoms. The Kier molecular flexibility index (Phi) is 13.3. The molecule has 0 saturated carbocycles. The highest BCUT2D eigenvalue weighted by Gasteiger charge is 2.20. The fraction of sp³-hybridized carbons (Fsp3) is 0.917. The Balaban J connectivity index is 0. The van der Waals surface area contributed by atoms with E-state index in [2.05, 4.69) is 13.8 Å². The highest BCUT2D eigenvalue weighted by Crippen LogP contribution is 2.31. The molecule has 0 radical (unpaired) electrons. The number of amides is 1. The Labute approximate surface area is 110 Å². The minimum atomic E-state index is -0.455. The lowest BCUT2D eigenvalue weighted by molar-refractivity contribution is -0.118. The van der Waals surface area contributed by atoms with Crippen LogP contribution in [-0.2, 0) is 4.79 Å². The average molecular weight is 270 g/mol. The lowest BCUT2D eigenvalue weighted by atomic mass is 10.1. The standard InChI is InChI=1S/C7H14Cl2.C5H11NO/c1-3-5-7(8,9)6-4-2;1-2-3-4-5(6)7/h3-6H2,1-2H3;2-4H2,1H3,(H2,6,7). The van der Waals surface area contributed by atoms with Gasteiger partial charge in [0.2, 0.25) is 5.91 Å². The van der Waals surface area contributed by atoms with Crippen molar-refractivity contribution in [2.75, 3.05) is 0 Å². The van der Waals surface area contributed by atoms with E-state index in [0.717, 1.165) is 38.5 Å².